The third-order valence-corrected chi connectivity index (χ3v) is 16.0. The van der Waals surface area contributed by atoms with Gasteiger partial charge in [0.2, 0.25) is 35.0 Å². The van der Waals surface area contributed by atoms with Gasteiger partial charge in [0.05, 0.1) is 49.8 Å². The molecule has 8 aromatic heterocycles. The van der Waals surface area contributed by atoms with Gasteiger partial charge in [-0.05, 0) is 50.0 Å². The molecule has 440 valence electrons. The summed E-state index contributed by atoms with van der Waals surface area (Å²) in [5.41, 5.74) is -5.43. The molecule has 0 spiro atoms. The summed E-state index contributed by atoms with van der Waals surface area (Å²) < 4.78 is 48.1. The van der Waals surface area contributed by atoms with Crippen LogP contribution < -0.4 is 21.3 Å². The lowest BCUT2D eigenvalue weighted by atomic mass is 9.68. The van der Waals surface area contributed by atoms with E-state index in [1.807, 2.05) is 49.5 Å². The van der Waals surface area contributed by atoms with Gasteiger partial charge in [0, 0.05) is 92.0 Å². The Balaban J connectivity index is 0.963. The molecule has 8 atom stereocenters. The van der Waals surface area contributed by atoms with Crippen molar-refractivity contribution in [3.8, 4) is 0 Å². The van der Waals surface area contributed by atoms with Crippen LogP contribution >= 0.6 is 0 Å². The number of imidazole rings is 4. The number of anilines is 4. The van der Waals surface area contributed by atoms with Crippen molar-refractivity contribution in [3.05, 3.63) is 60.7 Å². The summed E-state index contributed by atoms with van der Waals surface area (Å²) in [6.45, 7) is 10.0. The van der Waals surface area contributed by atoms with Gasteiger partial charge in [-0.3, -0.25) is 28.3 Å². The molecule has 0 aromatic carbocycles. The Labute approximate surface area is 476 Å². The molecule has 5 unspecified atom stereocenters. The van der Waals surface area contributed by atoms with Gasteiger partial charge in [0.25, 0.3) is 11.4 Å². The second kappa shape index (κ2) is 20.2. The van der Waals surface area contributed by atoms with Gasteiger partial charge < -0.3 is 58.8 Å². The number of fused-ring (bicyclic) bond motifs is 4. The van der Waals surface area contributed by atoms with Crippen LogP contribution in [0.25, 0.3) is 22.3 Å². The number of hydrogen-bond donors (Lipinski definition) is 4. The van der Waals surface area contributed by atoms with Crippen molar-refractivity contribution in [1.29, 1.82) is 0 Å². The monoisotopic (exact) mass is 1160 g/mol. The van der Waals surface area contributed by atoms with Crippen LogP contribution in [0.4, 0.5) is 23.5 Å². The number of aryl methyl sites for hydroxylation is 4. The first-order chi connectivity index (χ1) is 40.5. The van der Waals surface area contributed by atoms with Crippen LogP contribution in [0.3, 0.4) is 0 Å². The van der Waals surface area contributed by atoms with E-state index >= 15 is 0 Å². The molecule has 13 rings (SSSR count). The molecule has 0 radical (unpaired) electrons. The van der Waals surface area contributed by atoms with Crippen LogP contribution in [0.1, 0.15) is 102 Å². The minimum absolute atomic E-state index is 0.0260. The van der Waals surface area contributed by atoms with Crippen molar-refractivity contribution in [2.75, 3.05) is 34.4 Å². The van der Waals surface area contributed by atoms with E-state index in [-0.39, 0.29) is 72.2 Å². The number of carbonyl (C=O) groups is 4. The molecule has 8 aromatic rings. The Hall–Kier alpha value is -9.34. The van der Waals surface area contributed by atoms with Crippen molar-refractivity contribution in [1.82, 2.24) is 98.6 Å². The SMILES string of the molecule is CCn1nnc(C2OC3([C@H]4CC[C@@H]([C@@]56O[C@H](c7nnn(CC)n7)C(OC(C)=O)C5(OC(C)=O)Nc5nc(NCCc7cn(C)cn7)nc7c5ncn76)CC4)n4cnc5c(nc(NCCc6cn(C)cn6)nc54)N[C@@]3(OC(C)=O)C2OC(C)=O)n1. The van der Waals surface area contributed by atoms with Gasteiger partial charge in [0.15, 0.2) is 58.4 Å². The zero-order chi connectivity index (χ0) is 58.5. The lowest BCUT2D eigenvalue weighted by Gasteiger charge is -2.53. The third kappa shape index (κ3) is 8.41. The number of rotatable bonds is 18. The van der Waals surface area contributed by atoms with E-state index in [0.29, 0.717) is 50.1 Å². The number of tetrazole rings is 2. The zero-order valence-corrected chi connectivity index (χ0v) is 47.0. The molecule has 34 heteroatoms. The predicted octanol–water partition coefficient (Wildman–Crippen LogP) is 1.34. The Morgan fingerprint density at radius 2 is 1.01 bits per heavy atom. The number of nitrogens with one attached hydrogen (secondary N) is 4. The number of hydrogen-bond acceptors (Lipinski definition) is 28. The first kappa shape index (κ1) is 53.9. The molecule has 1 saturated carbocycles. The summed E-state index contributed by atoms with van der Waals surface area (Å²) in [7, 11) is 3.78. The summed E-state index contributed by atoms with van der Waals surface area (Å²) in [5, 5.41) is 40.1. The zero-order valence-electron chi connectivity index (χ0n) is 47.0. The minimum atomic E-state index is -2.18. The highest BCUT2D eigenvalue weighted by Gasteiger charge is 2.80. The lowest BCUT2D eigenvalue weighted by Crippen LogP contribution is -2.69. The Morgan fingerprint density at radius 3 is 1.36 bits per heavy atom. The topological polar surface area (TPSA) is 382 Å². The maximum absolute atomic E-state index is 14.0. The number of carbonyl (C=O) groups excluding carboxylic acids is 4. The van der Waals surface area contributed by atoms with Crippen LogP contribution in [0.15, 0.2) is 37.7 Å². The summed E-state index contributed by atoms with van der Waals surface area (Å²) in [4.78, 5) is 96.5. The smallest absolute Gasteiger partial charge is 0.305 e. The van der Waals surface area contributed by atoms with Crippen molar-refractivity contribution in [2.45, 2.75) is 140 Å². The quantitative estimate of drug-likeness (QED) is 0.0695. The Morgan fingerprint density at radius 1 is 0.595 bits per heavy atom. The maximum Gasteiger partial charge on any atom is 0.305 e. The van der Waals surface area contributed by atoms with Gasteiger partial charge in [0.1, 0.15) is 0 Å². The molecule has 5 aliphatic rings. The van der Waals surface area contributed by atoms with Crippen LogP contribution in [0, 0.1) is 11.8 Å². The van der Waals surface area contributed by atoms with Gasteiger partial charge in [-0.25, -0.2) is 19.9 Å². The highest BCUT2D eigenvalue weighted by molar-refractivity contribution is 5.88. The molecule has 3 fully saturated rings. The molecule has 8 bridgehead atoms. The van der Waals surface area contributed by atoms with E-state index in [9.17, 15) is 19.2 Å². The number of ether oxygens (including phenoxy) is 6. The van der Waals surface area contributed by atoms with Crippen LogP contribution in [-0.2, 0) is 99.1 Å². The second-order valence-electron chi connectivity index (χ2n) is 21.4. The van der Waals surface area contributed by atoms with E-state index in [0.717, 1.165) is 11.4 Å². The van der Waals surface area contributed by atoms with Crippen molar-refractivity contribution in [3.63, 3.8) is 0 Å². The summed E-state index contributed by atoms with van der Waals surface area (Å²) >= 11 is 0. The van der Waals surface area contributed by atoms with Gasteiger partial charge in [-0.2, -0.15) is 29.5 Å². The first-order valence-electron chi connectivity index (χ1n) is 27.6. The van der Waals surface area contributed by atoms with E-state index in [4.69, 9.17) is 58.3 Å². The molecular weight excluding hydrogens is 1100 g/mol. The highest BCUT2D eigenvalue weighted by Crippen LogP contribution is 2.65. The second-order valence-corrected chi connectivity index (χ2v) is 21.4. The molecule has 34 nitrogen and oxygen atoms in total. The lowest BCUT2D eigenvalue weighted by molar-refractivity contribution is -0.253. The van der Waals surface area contributed by atoms with Crippen LogP contribution in [0.5, 0.6) is 0 Å². The standard InChI is InChI=1S/C50H60N24O10/c1-9-73-65-41(63-67-73)35-37(79-25(3)75)47(81-27(5)77)49(83-35,71-23-55-33-39(61-47)57-45(59-43(33)71)51-17-15-31-19-69(7)21-53-31)29-11-13-30(14-12-29)50-48(82-28(6)78,38(80-26(4)76)36(84-50)42-64-68-74(10-2)66-42)62-40-34-44(72(50)24-56-34)60-46(58-40)52-18-16-32-20-70(8)22-54-32/h19-24,29-30,35-38H,9-18H2,1-8H3,(H2,51,57,59,61)(H2,52,58,60,62)/t29-,30+,35-,36?,37?,38?,47?,48+,49+,50?/m0/s1. The average Bonchev–Trinajstić information content (AvgIpc) is 1.59. The largest absolute Gasteiger partial charge is 0.453 e. The van der Waals surface area contributed by atoms with Crippen LogP contribution in [0.2, 0.25) is 0 Å². The molecule has 84 heavy (non-hydrogen) atoms. The van der Waals surface area contributed by atoms with Gasteiger partial charge in [-0.15, -0.1) is 20.4 Å². The number of nitrogens with zero attached hydrogens (tertiary/aromatic N) is 20. The highest BCUT2D eigenvalue weighted by atomic mass is 16.7. The first-order valence-corrected chi connectivity index (χ1v) is 27.6. The van der Waals surface area contributed by atoms with Gasteiger partial charge >= 0.3 is 23.9 Å². The molecular formula is C50H60N24O10. The van der Waals surface area contributed by atoms with Crippen molar-refractivity contribution >= 4 is 69.7 Å². The molecule has 4 N–H and O–H groups in total. The Bertz CT molecular complexity index is 3630. The van der Waals surface area contributed by atoms with Crippen LogP contribution in [-0.4, -0.2) is 159 Å². The summed E-state index contributed by atoms with van der Waals surface area (Å²) in [6.07, 6.45) is 6.38. The number of aromatic nitrogens is 20. The van der Waals surface area contributed by atoms with E-state index in [1.54, 1.807) is 21.8 Å². The fraction of sp³-hybridized carbons (Fsp3) is 0.560. The fourth-order valence-corrected chi connectivity index (χ4v) is 12.9. The molecule has 1 aliphatic carbocycles. The van der Waals surface area contributed by atoms with Crippen molar-refractivity contribution in [2.24, 2.45) is 25.9 Å². The third-order valence-electron chi connectivity index (χ3n) is 16.0. The predicted molar refractivity (Wildman–Crippen MR) is 285 cm³/mol. The Kier molecular flexibility index (Phi) is 13.0. The molecule has 4 aliphatic heterocycles. The molecule has 2 saturated heterocycles. The fourth-order valence-electron chi connectivity index (χ4n) is 12.9. The average molecular weight is 1160 g/mol. The van der Waals surface area contributed by atoms with Gasteiger partial charge in [-0.1, -0.05) is 0 Å². The van der Waals surface area contributed by atoms with E-state index < -0.39 is 83.0 Å². The summed E-state index contributed by atoms with van der Waals surface area (Å²) in [6, 6.07) is 0. The number of esters is 4. The maximum atomic E-state index is 14.0. The summed E-state index contributed by atoms with van der Waals surface area (Å²) in [5.74, 6) is -3.81. The normalized spacial score (nSPS) is 27.4. The minimum Gasteiger partial charge on any atom is -0.453 e. The molecule has 0 amide bonds. The van der Waals surface area contributed by atoms with Crippen molar-refractivity contribution < 1.29 is 47.6 Å². The molecule has 12 heterocycles. The van der Waals surface area contributed by atoms with E-state index in [2.05, 4.69) is 62.1 Å². The van der Waals surface area contributed by atoms with E-state index in [1.165, 1.54) is 49.9 Å².